The summed E-state index contributed by atoms with van der Waals surface area (Å²) in [4.78, 5) is 15.3. The number of hydrogen-bond donors (Lipinski definition) is 0. The maximum absolute atomic E-state index is 13.0. The van der Waals surface area contributed by atoms with E-state index in [9.17, 15) is 4.79 Å². The van der Waals surface area contributed by atoms with Crippen molar-refractivity contribution in [3.63, 3.8) is 0 Å². The van der Waals surface area contributed by atoms with E-state index in [0.29, 0.717) is 18.6 Å². The summed E-state index contributed by atoms with van der Waals surface area (Å²) in [6.45, 7) is 12.7. The van der Waals surface area contributed by atoms with Crippen molar-refractivity contribution >= 4 is 5.78 Å². The number of rotatable bonds is 9. The van der Waals surface area contributed by atoms with Crippen LogP contribution in [0.5, 0.6) is 0 Å². The second-order valence-electron chi connectivity index (χ2n) is 8.80. The summed E-state index contributed by atoms with van der Waals surface area (Å²) in [5.74, 6) is 0.817. The topological polar surface area (TPSA) is 34.5 Å². The maximum atomic E-state index is 13.0. The number of likely N-dealkylation sites (tertiary alicyclic amines) is 1. The fourth-order valence-electron chi connectivity index (χ4n) is 4.16. The number of aryl methyl sites for hydroxylation is 2. The Labute approximate surface area is 175 Å². The Kier molecular flexibility index (Phi) is 7.68. The first-order chi connectivity index (χ1) is 13.9. The molecule has 3 rings (SSSR count). The molecule has 29 heavy (non-hydrogen) atoms. The van der Waals surface area contributed by atoms with Crippen molar-refractivity contribution in [3.8, 4) is 0 Å². The van der Waals surface area contributed by atoms with Crippen LogP contribution in [0, 0.1) is 19.8 Å². The van der Waals surface area contributed by atoms with E-state index in [1.54, 1.807) is 0 Å². The van der Waals surface area contributed by atoms with E-state index in [4.69, 9.17) is 4.74 Å². The molecule has 0 amide bonds. The normalized spacial score (nSPS) is 15.9. The second kappa shape index (κ2) is 10.2. The Balaban J connectivity index is 1.53. The number of carbonyl (C=O) groups is 1. The third-order valence-corrected chi connectivity index (χ3v) is 5.91. The van der Waals surface area contributed by atoms with Crippen LogP contribution < -0.4 is 0 Å². The molecule has 1 aliphatic rings. The van der Waals surface area contributed by atoms with E-state index in [1.807, 2.05) is 6.07 Å². The molecule has 1 aromatic heterocycles. The highest BCUT2D eigenvalue weighted by molar-refractivity contribution is 5.99. The number of benzene rings is 1. The molecule has 2 heterocycles. The van der Waals surface area contributed by atoms with Crippen LogP contribution in [0.3, 0.4) is 0 Å². The lowest BCUT2D eigenvalue weighted by Crippen LogP contribution is -2.40. The number of nitrogens with zero attached hydrogens (tertiary/aromatic N) is 2. The predicted molar refractivity (Wildman–Crippen MR) is 119 cm³/mol. The van der Waals surface area contributed by atoms with Crippen LogP contribution in [-0.2, 0) is 17.7 Å². The molecule has 0 N–H and O–H groups in total. The summed E-state index contributed by atoms with van der Waals surface area (Å²) in [5.41, 5.74) is 4.48. The highest BCUT2D eigenvalue weighted by atomic mass is 16.5. The van der Waals surface area contributed by atoms with Crippen LogP contribution in [0.4, 0.5) is 0 Å². The van der Waals surface area contributed by atoms with Crippen molar-refractivity contribution in [2.45, 2.75) is 59.6 Å². The van der Waals surface area contributed by atoms with Gasteiger partial charge >= 0.3 is 0 Å². The third kappa shape index (κ3) is 6.03. The number of ether oxygens (including phenoxy) is 1. The van der Waals surface area contributed by atoms with Crippen molar-refractivity contribution in [2.24, 2.45) is 5.92 Å². The Bertz CT molecular complexity index is 787. The zero-order valence-corrected chi connectivity index (χ0v) is 18.5. The summed E-state index contributed by atoms with van der Waals surface area (Å²) in [7, 11) is 0. The molecule has 4 heteroatoms. The highest BCUT2D eigenvalue weighted by Gasteiger charge is 2.23. The van der Waals surface area contributed by atoms with Gasteiger partial charge < -0.3 is 9.30 Å². The minimum atomic E-state index is 0.241. The van der Waals surface area contributed by atoms with Gasteiger partial charge in [0.15, 0.2) is 5.78 Å². The van der Waals surface area contributed by atoms with E-state index >= 15 is 0 Å². The van der Waals surface area contributed by atoms with Crippen molar-refractivity contribution in [1.82, 2.24) is 9.47 Å². The van der Waals surface area contributed by atoms with E-state index in [2.05, 4.69) is 67.5 Å². The van der Waals surface area contributed by atoms with Gasteiger partial charge in [-0.05, 0) is 50.7 Å². The predicted octanol–water partition coefficient (Wildman–Crippen LogP) is 4.67. The van der Waals surface area contributed by atoms with Gasteiger partial charge in [-0.25, -0.2) is 0 Å². The van der Waals surface area contributed by atoms with Gasteiger partial charge in [0.25, 0.3) is 0 Å². The molecule has 1 saturated heterocycles. The summed E-state index contributed by atoms with van der Waals surface area (Å²) >= 11 is 0. The Morgan fingerprint density at radius 3 is 2.48 bits per heavy atom. The smallest absolute Gasteiger partial charge is 0.178 e. The Morgan fingerprint density at radius 2 is 1.83 bits per heavy atom. The minimum Gasteiger partial charge on any atom is -0.378 e. The number of carbonyl (C=O) groups excluding carboxylic acids is 1. The van der Waals surface area contributed by atoms with E-state index in [-0.39, 0.29) is 5.78 Å². The Hall–Kier alpha value is -1.91. The van der Waals surface area contributed by atoms with Crippen LogP contribution in [0.2, 0.25) is 0 Å². The molecule has 1 fully saturated rings. The number of piperidine rings is 1. The molecule has 0 bridgehead atoms. The first-order valence-electron chi connectivity index (χ1n) is 11.0. The molecule has 0 saturated carbocycles. The standard InChI is InChI=1S/C25H36N2O2/c1-19(2)18-29-23-11-13-26(14-12-23)17-25(28)24-16-20(3)27(21(24)4)15-10-22-8-6-5-7-9-22/h5-9,16,19,23H,10-15,17-18H2,1-4H3. The largest absolute Gasteiger partial charge is 0.378 e. The van der Waals surface area contributed by atoms with Crippen molar-refractivity contribution < 1.29 is 9.53 Å². The molecular formula is C25H36N2O2. The van der Waals surface area contributed by atoms with Gasteiger partial charge in [0, 0.05) is 43.2 Å². The summed E-state index contributed by atoms with van der Waals surface area (Å²) in [6.07, 6.45) is 3.38. The summed E-state index contributed by atoms with van der Waals surface area (Å²) < 4.78 is 8.25. The SMILES string of the molecule is Cc1cc(C(=O)CN2CCC(OCC(C)C)CC2)c(C)n1CCc1ccccc1. The minimum absolute atomic E-state index is 0.241. The molecular weight excluding hydrogens is 360 g/mol. The maximum Gasteiger partial charge on any atom is 0.178 e. The van der Waals surface area contributed by atoms with Gasteiger partial charge in [0.2, 0.25) is 0 Å². The lowest BCUT2D eigenvalue weighted by molar-refractivity contribution is -0.00362. The van der Waals surface area contributed by atoms with Crippen LogP contribution in [0.25, 0.3) is 0 Å². The van der Waals surface area contributed by atoms with Crippen LogP contribution in [0.1, 0.15) is 54.0 Å². The van der Waals surface area contributed by atoms with Gasteiger partial charge in [-0.3, -0.25) is 9.69 Å². The van der Waals surface area contributed by atoms with Gasteiger partial charge in [-0.1, -0.05) is 44.2 Å². The molecule has 4 nitrogen and oxygen atoms in total. The monoisotopic (exact) mass is 396 g/mol. The second-order valence-corrected chi connectivity index (χ2v) is 8.80. The molecule has 0 spiro atoms. The lowest BCUT2D eigenvalue weighted by atomic mass is 10.1. The first kappa shape index (κ1) is 21.8. The molecule has 0 atom stereocenters. The van der Waals surface area contributed by atoms with Crippen LogP contribution in [-0.4, -0.2) is 47.6 Å². The lowest BCUT2D eigenvalue weighted by Gasteiger charge is -2.31. The molecule has 0 unspecified atom stereocenters. The van der Waals surface area contributed by atoms with Crippen molar-refractivity contribution in [1.29, 1.82) is 0 Å². The number of hydrogen-bond acceptors (Lipinski definition) is 3. The average molecular weight is 397 g/mol. The number of ketones is 1. The van der Waals surface area contributed by atoms with E-state index < -0.39 is 0 Å². The van der Waals surface area contributed by atoms with Gasteiger partial charge in [-0.15, -0.1) is 0 Å². The van der Waals surface area contributed by atoms with Crippen molar-refractivity contribution in [3.05, 3.63) is 58.9 Å². The summed E-state index contributed by atoms with van der Waals surface area (Å²) in [5, 5.41) is 0. The molecule has 0 radical (unpaired) electrons. The zero-order valence-electron chi connectivity index (χ0n) is 18.5. The fraction of sp³-hybridized carbons (Fsp3) is 0.560. The van der Waals surface area contributed by atoms with E-state index in [0.717, 1.165) is 56.8 Å². The Morgan fingerprint density at radius 1 is 1.14 bits per heavy atom. The highest BCUT2D eigenvalue weighted by Crippen LogP contribution is 2.19. The van der Waals surface area contributed by atoms with E-state index in [1.165, 1.54) is 11.3 Å². The van der Waals surface area contributed by atoms with Gasteiger partial charge in [-0.2, -0.15) is 0 Å². The molecule has 158 valence electrons. The quantitative estimate of drug-likeness (QED) is 0.578. The summed E-state index contributed by atoms with van der Waals surface area (Å²) in [6, 6.07) is 12.6. The molecule has 2 aromatic rings. The average Bonchev–Trinajstić information content (AvgIpc) is 3.00. The molecule has 0 aliphatic carbocycles. The zero-order chi connectivity index (χ0) is 20.8. The van der Waals surface area contributed by atoms with Crippen LogP contribution >= 0.6 is 0 Å². The van der Waals surface area contributed by atoms with Crippen molar-refractivity contribution in [2.75, 3.05) is 26.2 Å². The molecule has 1 aliphatic heterocycles. The number of aromatic nitrogens is 1. The number of Topliss-reactive ketones (excluding diaryl/α,β-unsaturated/α-hetero) is 1. The third-order valence-electron chi connectivity index (χ3n) is 5.91. The van der Waals surface area contributed by atoms with Gasteiger partial charge in [0.05, 0.1) is 12.6 Å². The van der Waals surface area contributed by atoms with Crippen LogP contribution in [0.15, 0.2) is 36.4 Å². The molecule has 1 aromatic carbocycles. The first-order valence-corrected chi connectivity index (χ1v) is 11.0. The van der Waals surface area contributed by atoms with Gasteiger partial charge in [0.1, 0.15) is 0 Å². The fourth-order valence-corrected chi connectivity index (χ4v) is 4.16.